The SMILES string of the molecule is C/C(=N/NC(=O)c1c[nH]c2ccccc12)c1cccc(NC(=O)c2ccc(Cl)cc2)c1. The van der Waals surface area contributed by atoms with Crippen molar-refractivity contribution in [1.82, 2.24) is 10.4 Å². The number of carbonyl (C=O) groups excluding carboxylic acids is 2. The monoisotopic (exact) mass is 430 g/mol. The van der Waals surface area contributed by atoms with Crippen molar-refractivity contribution in [2.24, 2.45) is 5.10 Å². The van der Waals surface area contributed by atoms with Crippen molar-refractivity contribution in [3.8, 4) is 0 Å². The molecular weight excluding hydrogens is 412 g/mol. The average Bonchev–Trinajstić information content (AvgIpc) is 3.22. The maximum Gasteiger partial charge on any atom is 0.273 e. The van der Waals surface area contributed by atoms with E-state index in [4.69, 9.17) is 11.6 Å². The number of amides is 2. The number of hydrogen-bond acceptors (Lipinski definition) is 3. The van der Waals surface area contributed by atoms with Crippen LogP contribution in [0, 0.1) is 0 Å². The summed E-state index contributed by atoms with van der Waals surface area (Å²) in [5, 5.41) is 8.48. The number of halogens is 1. The molecule has 1 aromatic heterocycles. The van der Waals surface area contributed by atoms with Gasteiger partial charge < -0.3 is 10.3 Å². The molecule has 0 radical (unpaired) electrons. The first-order valence-electron chi connectivity index (χ1n) is 9.59. The van der Waals surface area contributed by atoms with E-state index in [9.17, 15) is 9.59 Å². The van der Waals surface area contributed by atoms with Gasteiger partial charge in [0.05, 0.1) is 11.3 Å². The van der Waals surface area contributed by atoms with Crippen LogP contribution in [0.3, 0.4) is 0 Å². The number of hydrogen-bond donors (Lipinski definition) is 3. The summed E-state index contributed by atoms with van der Waals surface area (Å²) in [5.74, 6) is -0.542. The maximum atomic E-state index is 12.5. The van der Waals surface area contributed by atoms with Crippen LogP contribution in [0.15, 0.2) is 84.1 Å². The molecule has 0 bridgehead atoms. The third-order valence-electron chi connectivity index (χ3n) is 4.80. The first-order valence-corrected chi connectivity index (χ1v) is 9.97. The van der Waals surface area contributed by atoms with Crippen molar-refractivity contribution in [1.29, 1.82) is 0 Å². The second kappa shape index (κ2) is 8.85. The number of aromatic nitrogens is 1. The van der Waals surface area contributed by atoms with Crippen LogP contribution in [0.2, 0.25) is 5.02 Å². The number of anilines is 1. The van der Waals surface area contributed by atoms with Gasteiger partial charge in [0.25, 0.3) is 11.8 Å². The molecule has 0 saturated heterocycles. The van der Waals surface area contributed by atoms with Gasteiger partial charge in [-0.3, -0.25) is 9.59 Å². The van der Waals surface area contributed by atoms with E-state index in [1.165, 1.54) is 0 Å². The number of rotatable bonds is 5. The van der Waals surface area contributed by atoms with Crippen LogP contribution in [0.5, 0.6) is 0 Å². The molecule has 6 nitrogen and oxygen atoms in total. The highest BCUT2D eigenvalue weighted by atomic mass is 35.5. The third-order valence-corrected chi connectivity index (χ3v) is 5.06. The summed E-state index contributed by atoms with van der Waals surface area (Å²) in [4.78, 5) is 28.0. The smallest absolute Gasteiger partial charge is 0.273 e. The Morgan fingerprint density at radius 1 is 0.903 bits per heavy atom. The van der Waals surface area contributed by atoms with Gasteiger partial charge in [-0.2, -0.15) is 5.10 Å². The van der Waals surface area contributed by atoms with Crippen LogP contribution in [0.4, 0.5) is 5.69 Å². The zero-order valence-electron chi connectivity index (χ0n) is 16.6. The van der Waals surface area contributed by atoms with E-state index in [1.807, 2.05) is 36.4 Å². The molecule has 154 valence electrons. The van der Waals surface area contributed by atoms with Gasteiger partial charge in [-0.05, 0) is 55.0 Å². The number of nitrogens with one attached hydrogen (secondary N) is 3. The number of fused-ring (bicyclic) bond motifs is 1. The molecule has 1 heterocycles. The highest BCUT2D eigenvalue weighted by molar-refractivity contribution is 6.30. The minimum Gasteiger partial charge on any atom is -0.360 e. The van der Waals surface area contributed by atoms with E-state index in [0.29, 0.717) is 27.5 Å². The summed E-state index contributed by atoms with van der Waals surface area (Å²) < 4.78 is 0. The molecule has 0 atom stereocenters. The number of para-hydroxylation sites is 1. The highest BCUT2D eigenvalue weighted by Crippen LogP contribution is 2.18. The zero-order chi connectivity index (χ0) is 21.8. The molecule has 0 aliphatic heterocycles. The van der Waals surface area contributed by atoms with Crippen molar-refractivity contribution in [2.45, 2.75) is 6.92 Å². The molecular formula is C24H19ClN4O2. The minimum absolute atomic E-state index is 0.240. The van der Waals surface area contributed by atoms with E-state index < -0.39 is 0 Å². The number of nitrogens with zero attached hydrogens (tertiary/aromatic N) is 1. The van der Waals surface area contributed by atoms with Crippen LogP contribution >= 0.6 is 11.6 Å². The molecule has 4 aromatic rings. The molecule has 0 saturated carbocycles. The first-order chi connectivity index (χ1) is 15.0. The molecule has 7 heteroatoms. The summed E-state index contributed by atoms with van der Waals surface area (Å²) in [7, 11) is 0. The summed E-state index contributed by atoms with van der Waals surface area (Å²) in [6, 6.07) is 21.5. The van der Waals surface area contributed by atoms with E-state index in [2.05, 4.69) is 20.8 Å². The van der Waals surface area contributed by atoms with Gasteiger partial charge in [0.2, 0.25) is 0 Å². The van der Waals surface area contributed by atoms with Crippen molar-refractivity contribution in [3.05, 3.63) is 101 Å². The van der Waals surface area contributed by atoms with Gasteiger partial charge in [-0.15, -0.1) is 0 Å². The lowest BCUT2D eigenvalue weighted by atomic mass is 10.1. The van der Waals surface area contributed by atoms with E-state index in [0.717, 1.165) is 16.5 Å². The Bertz CT molecular complexity index is 1290. The second-order valence-electron chi connectivity index (χ2n) is 6.93. The van der Waals surface area contributed by atoms with Crippen molar-refractivity contribution in [3.63, 3.8) is 0 Å². The Morgan fingerprint density at radius 3 is 2.48 bits per heavy atom. The Balaban J connectivity index is 1.46. The van der Waals surface area contributed by atoms with Crippen molar-refractivity contribution in [2.75, 3.05) is 5.32 Å². The van der Waals surface area contributed by atoms with Gasteiger partial charge in [0.15, 0.2) is 0 Å². The standard InChI is InChI=1S/C24H19ClN4O2/c1-15(28-29-24(31)21-14-26-22-8-3-2-7-20(21)22)17-5-4-6-19(13-17)27-23(30)16-9-11-18(25)12-10-16/h2-14,26H,1H3,(H,27,30)(H,29,31)/b28-15-. The van der Waals surface area contributed by atoms with Crippen LogP contribution in [0.25, 0.3) is 10.9 Å². The minimum atomic E-state index is -0.302. The van der Waals surface area contributed by atoms with Crippen molar-refractivity contribution < 1.29 is 9.59 Å². The van der Waals surface area contributed by atoms with Crippen molar-refractivity contribution >= 4 is 45.7 Å². The Hall–Kier alpha value is -3.90. The quantitative estimate of drug-likeness (QED) is 0.299. The van der Waals surface area contributed by atoms with Gasteiger partial charge >= 0.3 is 0 Å². The molecule has 0 aliphatic rings. The van der Waals surface area contributed by atoms with Crippen LogP contribution < -0.4 is 10.7 Å². The molecule has 3 aromatic carbocycles. The van der Waals surface area contributed by atoms with E-state index in [1.54, 1.807) is 49.5 Å². The molecule has 0 aliphatic carbocycles. The van der Waals surface area contributed by atoms with E-state index >= 15 is 0 Å². The topological polar surface area (TPSA) is 86.3 Å². The molecule has 2 amide bonds. The Morgan fingerprint density at radius 2 is 1.68 bits per heavy atom. The second-order valence-corrected chi connectivity index (χ2v) is 7.36. The lowest BCUT2D eigenvalue weighted by Crippen LogP contribution is -2.19. The predicted molar refractivity (Wildman–Crippen MR) is 124 cm³/mol. The first kappa shape index (κ1) is 20.4. The zero-order valence-corrected chi connectivity index (χ0v) is 17.4. The molecule has 0 unspecified atom stereocenters. The summed E-state index contributed by atoms with van der Waals surface area (Å²) in [6.07, 6.45) is 1.66. The van der Waals surface area contributed by atoms with E-state index in [-0.39, 0.29) is 11.8 Å². The fraction of sp³-hybridized carbons (Fsp3) is 0.0417. The third kappa shape index (κ3) is 4.65. The van der Waals surface area contributed by atoms with Gasteiger partial charge in [0, 0.05) is 33.4 Å². The molecule has 3 N–H and O–H groups in total. The molecule has 0 spiro atoms. The number of aromatic amines is 1. The predicted octanol–water partition coefficient (Wildman–Crippen LogP) is 5.23. The summed E-state index contributed by atoms with van der Waals surface area (Å²) in [5.41, 5.74) is 6.51. The molecule has 31 heavy (non-hydrogen) atoms. The number of hydrazone groups is 1. The maximum absolute atomic E-state index is 12.5. The summed E-state index contributed by atoms with van der Waals surface area (Å²) >= 11 is 5.87. The Labute approximate surface area is 183 Å². The van der Waals surface area contributed by atoms with Crippen LogP contribution in [0.1, 0.15) is 33.2 Å². The van der Waals surface area contributed by atoms with Gasteiger partial charge in [-0.1, -0.05) is 41.9 Å². The molecule has 0 fully saturated rings. The highest BCUT2D eigenvalue weighted by Gasteiger charge is 2.11. The fourth-order valence-electron chi connectivity index (χ4n) is 3.15. The van der Waals surface area contributed by atoms with Crippen LogP contribution in [-0.2, 0) is 0 Å². The normalized spacial score (nSPS) is 11.4. The molecule has 4 rings (SSSR count). The van der Waals surface area contributed by atoms with Gasteiger partial charge in [0.1, 0.15) is 0 Å². The van der Waals surface area contributed by atoms with Gasteiger partial charge in [-0.25, -0.2) is 5.43 Å². The average molecular weight is 431 g/mol. The largest absolute Gasteiger partial charge is 0.360 e. The number of carbonyl (C=O) groups is 2. The summed E-state index contributed by atoms with van der Waals surface area (Å²) in [6.45, 7) is 1.79. The van der Waals surface area contributed by atoms with Crippen LogP contribution in [-0.4, -0.2) is 22.5 Å². The Kier molecular flexibility index (Phi) is 5.82. The number of benzene rings is 3. The fourth-order valence-corrected chi connectivity index (χ4v) is 3.27. The number of H-pyrrole nitrogens is 1. The lowest BCUT2D eigenvalue weighted by Gasteiger charge is -2.08. The lowest BCUT2D eigenvalue weighted by molar-refractivity contribution is 0.0955.